The van der Waals surface area contributed by atoms with Crippen molar-refractivity contribution in [3.8, 4) is 0 Å². The summed E-state index contributed by atoms with van der Waals surface area (Å²) in [4.78, 5) is 2.04. The minimum Gasteiger partial charge on any atom is -0.380 e. The molecule has 0 saturated carbocycles. The van der Waals surface area contributed by atoms with Crippen LogP contribution in [0.2, 0.25) is 0 Å². The molecule has 0 bridgehead atoms. The van der Waals surface area contributed by atoms with Crippen LogP contribution in [0.15, 0.2) is 0 Å². The number of nitrogens with zero attached hydrogens (tertiary/aromatic N) is 1. The zero-order valence-corrected chi connectivity index (χ0v) is 13.9. The Bertz CT molecular complexity index is 388. The van der Waals surface area contributed by atoms with Gasteiger partial charge >= 0.3 is 0 Å². The summed E-state index contributed by atoms with van der Waals surface area (Å²) in [5.41, 5.74) is 5.48. The first-order chi connectivity index (χ1) is 8.83. The molecule has 5 nitrogen and oxygen atoms in total. The summed E-state index contributed by atoms with van der Waals surface area (Å²) < 4.78 is 30.0. The van der Waals surface area contributed by atoms with Crippen LogP contribution in [0.25, 0.3) is 0 Å². The zero-order valence-electron chi connectivity index (χ0n) is 12.3. The van der Waals surface area contributed by atoms with Crippen LogP contribution in [-0.2, 0) is 14.6 Å². The van der Waals surface area contributed by atoms with Crippen LogP contribution in [0, 0.1) is 0 Å². The maximum atomic E-state index is 12.3. The number of ether oxygens (including phenoxy) is 1. The first kappa shape index (κ1) is 17.2. The quantitative estimate of drug-likeness (QED) is 0.772. The molecule has 3 unspecified atom stereocenters. The van der Waals surface area contributed by atoms with Crippen LogP contribution in [-0.4, -0.2) is 67.8 Å². The van der Waals surface area contributed by atoms with Crippen molar-refractivity contribution >= 4 is 21.6 Å². The summed E-state index contributed by atoms with van der Waals surface area (Å²) in [6.45, 7) is 6.75. The van der Waals surface area contributed by atoms with Crippen LogP contribution < -0.4 is 5.73 Å². The van der Waals surface area contributed by atoms with Crippen molar-refractivity contribution in [3.63, 3.8) is 0 Å². The van der Waals surface area contributed by atoms with Crippen molar-refractivity contribution in [2.24, 2.45) is 5.73 Å². The topological polar surface area (TPSA) is 72.6 Å². The number of rotatable bonds is 6. The predicted octanol–water partition coefficient (Wildman–Crippen LogP) is 0.548. The third kappa shape index (κ3) is 3.44. The molecule has 1 heterocycles. The Hall–Kier alpha value is 0.180. The molecule has 114 valence electrons. The number of thioether (sulfide) groups is 1. The monoisotopic (exact) mass is 310 g/mol. The second-order valence-electron chi connectivity index (χ2n) is 5.11. The SMILES string of the molecule is CCS(=O)(=O)C1CSCCN1C(C)(CN)C(C)OC. The van der Waals surface area contributed by atoms with Crippen LogP contribution in [0.3, 0.4) is 0 Å². The fourth-order valence-corrected chi connectivity index (χ4v) is 5.54. The molecule has 19 heavy (non-hydrogen) atoms. The van der Waals surface area contributed by atoms with Crippen molar-refractivity contribution < 1.29 is 13.2 Å². The molecule has 1 aliphatic heterocycles. The van der Waals surface area contributed by atoms with Gasteiger partial charge in [-0.15, -0.1) is 0 Å². The average Bonchev–Trinajstić information content (AvgIpc) is 2.45. The highest BCUT2D eigenvalue weighted by Crippen LogP contribution is 2.31. The van der Waals surface area contributed by atoms with Gasteiger partial charge in [-0.2, -0.15) is 11.8 Å². The van der Waals surface area contributed by atoms with E-state index in [9.17, 15) is 8.42 Å². The fraction of sp³-hybridized carbons (Fsp3) is 1.00. The second-order valence-corrected chi connectivity index (χ2v) is 8.71. The van der Waals surface area contributed by atoms with E-state index in [4.69, 9.17) is 10.5 Å². The minimum atomic E-state index is -3.11. The summed E-state index contributed by atoms with van der Waals surface area (Å²) >= 11 is 1.69. The van der Waals surface area contributed by atoms with Crippen LogP contribution in [0.4, 0.5) is 0 Å². The van der Waals surface area contributed by atoms with E-state index in [2.05, 4.69) is 0 Å². The lowest BCUT2D eigenvalue weighted by molar-refractivity contribution is -0.0333. The lowest BCUT2D eigenvalue weighted by Crippen LogP contribution is -2.65. The van der Waals surface area contributed by atoms with Crippen molar-refractivity contribution in [1.29, 1.82) is 0 Å². The van der Waals surface area contributed by atoms with Crippen molar-refractivity contribution in [3.05, 3.63) is 0 Å². The first-order valence-electron chi connectivity index (χ1n) is 6.62. The highest BCUT2D eigenvalue weighted by Gasteiger charge is 2.45. The molecule has 0 aromatic carbocycles. The number of hydrogen-bond donors (Lipinski definition) is 1. The van der Waals surface area contributed by atoms with Gasteiger partial charge in [0.1, 0.15) is 5.37 Å². The Kier molecular flexibility index (Phi) is 6.13. The molecule has 1 rings (SSSR count). The third-order valence-corrected chi connectivity index (χ3v) is 7.49. The number of nitrogens with two attached hydrogens (primary N) is 1. The Morgan fingerprint density at radius 2 is 2.21 bits per heavy atom. The van der Waals surface area contributed by atoms with E-state index >= 15 is 0 Å². The summed E-state index contributed by atoms with van der Waals surface area (Å²) in [5, 5.41) is -0.456. The second kappa shape index (κ2) is 6.76. The molecule has 7 heteroatoms. The number of hydrogen-bond acceptors (Lipinski definition) is 6. The lowest BCUT2D eigenvalue weighted by Gasteiger charge is -2.49. The summed E-state index contributed by atoms with van der Waals surface area (Å²) in [7, 11) is -1.47. The lowest BCUT2D eigenvalue weighted by atomic mass is 9.93. The Balaban J connectivity index is 3.11. The molecule has 0 radical (unpaired) electrons. The molecule has 3 atom stereocenters. The van der Waals surface area contributed by atoms with E-state index < -0.39 is 20.8 Å². The van der Waals surface area contributed by atoms with Gasteiger partial charge in [-0.3, -0.25) is 4.90 Å². The molecule has 1 aliphatic rings. The molecule has 0 aromatic heterocycles. The van der Waals surface area contributed by atoms with Gasteiger partial charge in [-0.05, 0) is 13.8 Å². The van der Waals surface area contributed by atoms with Gasteiger partial charge in [0.25, 0.3) is 0 Å². The van der Waals surface area contributed by atoms with Crippen molar-refractivity contribution in [2.75, 3.05) is 37.5 Å². The average molecular weight is 310 g/mol. The van der Waals surface area contributed by atoms with E-state index in [1.807, 2.05) is 18.7 Å². The Labute approximate surface area is 121 Å². The van der Waals surface area contributed by atoms with Gasteiger partial charge in [0.2, 0.25) is 0 Å². The fourth-order valence-electron chi connectivity index (χ4n) is 2.43. The van der Waals surface area contributed by atoms with E-state index in [0.717, 1.165) is 12.3 Å². The van der Waals surface area contributed by atoms with Gasteiger partial charge in [0.15, 0.2) is 9.84 Å². The Morgan fingerprint density at radius 1 is 1.58 bits per heavy atom. The maximum Gasteiger partial charge on any atom is 0.166 e. The molecule has 2 N–H and O–H groups in total. The molecule has 0 amide bonds. The van der Waals surface area contributed by atoms with Gasteiger partial charge < -0.3 is 10.5 Å². The van der Waals surface area contributed by atoms with E-state index in [-0.39, 0.29) is 11.9 Å². The molecular formula is C12H26N2O3S2. The van der Waals surface area contributed by atoms with Gasteiger partial charge in [-0.25, -0.2) is 8.42 Å². The van der Waals surface area contributed by atoms with Crippen LogP contribution in [0.1, 0.15) is 20.8 Å². The van der Waals surface area contributed by atoms with Gasteiger partial charge in [-0.1, -0.05) is 6.92 Å². The minimum absolute atomic E-state index is 0.116. The molecule has 1 fully saturated rings. The highest BCUT2D eigenvalue weighted by atomic mass is 32.2. The van der Waals surface area contributed by atoms with Gasteiger partial charge in [0.05, 0.1) is 11.6 Å². The molecule has 1 saturated heterocycles. The Morgan fingerprint density at radius 3 is 2.68 bits per heavy atom. The van der Waals surface area contributed by atoms with E-state index in [1.54, 1.807) is 25.8 Å². The smallest absolute Gasteiger partial charge is 0.166 e. The predicted molar refractivity (Wildman–Crippen MR) is 81.2 cm³/mol. The standard InChI is InChI=1S/C12H26N2O3S2/c1-5-19(15,16)11-8-18-7-6-14(11)12(3,9-13)10(2)17-4/h10-11H,5-9,13H2,1-4H3. The normalized spacial score (nSPS) is 26.9. The van der Waals surface area contributed by atoms with E-state index in [0.29, 0.717) is 12.3 Å². The van der Waals surface area contributed by atoms with Gasteiger partial charge in [0, 0.05) is 37.5 Å². The van der Waals surface area contributed by atoms with Crippen LogP contribution >= 0.6 is 11.8 Å². The number of methoxy groups -OCH3 is 1. The largest absolute Gasteiger partial charge is 0.380 e. The summed E-state index contributed by atoms with van der Waals surface area (Å²) in [5.74, 6) is 1.71. The maximum absolute atomic E-state index is 12.3. The molecular weight excluding hydrogens is 284 g/mol. The number of sulfone groups is 1. The molecule has 0 aromatic rings. The highest BCUT2D eigenvalue weighted by molar-refractivity contribution is 8.01. The summed E-state index contributed by atoms with van der Waals surface area (Å²) in [6, 6.07) is 0. The van der Waals surface area contributed by atoms with E-state index in [1.165, 1.54) is 0 Å². The zero-order chi connectivity index (χ0) is 14.7. The summed E-state index contributed by atoms with van der Waals surface area (Å²) in [6.07, 6.45) is -0.116. The van der Waals surface area contributed by atoms with Crippen molar-refractivity contribution in [1.82, 2.24) is 4.90 Å². The first-order valence-corrected chi connectivity index (χ1v) is 9.49. The molecule has 0 spiro atoms. The van der Waals surface area contributed by atoms with Crippen molar-refractivity contribution in [2.45, 2.75) is 37.8 Å². The van der Waals surface area contributed by atoms with Crippen LogP contribution in [0.5, 0.6) is 0 Å². The molecule has 0 aliphatic carbocycles. The third-order valence-electron chi connectivity index (χ3n) is 4.20.